The third kappa shape index (κ3) is 5.46. The van der Waals surface area contributed by atoms with Crippen LogP contribution in [-0.4, -0.2) is 16.4 Å². The smallest absolute Gasteiger partial charge is 0.0724 e. The second-order valence-electron chi connectivity index (χ2n) is 8.91. The first kappa shape index (κ1) is 23.5. The molecular formula is C32H34N2. The summed E-state index contributed by atoms with van der Waals surface area (Å²) in [4.78, 5) is 7.15. The lowest BCUT2D eigenvalue weighted by atomic mass is 9.95. The predicted molar refractivity (Wildman–Crippen MR) is 145 cm³/mol. The predicted octanol–water partition coefficient (Wildman–Crippen LogP) is 8.10. The van der Waals surface area contributed by atoms with Crippen LogP contribution in [0.4, 0.5) is 0 Å². The Morgan fingerprint density at radius 2 is 1.85 bits per heavy atom. The number of rotatable bonds is 7. The van der Waals surface area contributed by atoms with Crippen molar-refractivity contribution in [3.8, 4) is 11.3 Å². The molecule has 4 rings (SSSR count). The van der Waals surface area contributed by atoms with Gasteiger partial charge in [-0.15, -0.1) is 0 Å². The normalized spacial score (nSPS) is 16.2. The van der Waals surface area contributed by atoms with Crippen molar-refractivity contribution in [2.75, 3.05) is 6.54 Å². The molecule has 0 aliphatic carbocycles. The molecule has 0 fully saturated rings. The van der Waals surface area contributed by atoms with E-state index in [0.717, 1.165) is 18.7 Å². The molecule has 34 heavy (non-hydrogen) atoms. The minimum absolute atomic E-state index is 0.219. The summed E-state index contributed by atoms with van der Waals surface area (Å²) in [5, 5.41) is 0. The van der Waals surface area contributed by atoms with Crippen molar-refractivity contribution in [1.29, 1.82) is 0 Å². The largest absolute Gasteiger partial charge is 0.366 e. The maximum Gasteiger partial charge on any atom is 0.0724 e. The van der Waals surface area contributed by atoms with Crippen LogP contribution in [0.25, 0.3) is 16.8 Å². The van der Waals surface area contributed by atoms with E-state index in [0.29, 0.717) is 0 Å². The Morgan fingerprint density at radius 1 is 1.00 bits per heavy atom. The zero-order valence-corrected chi connectivity index (χ0v) is 20.7. The van der Waals surface area contributed by atoms with Crippen LogP contribution in [0.3, 0.4) is 0 Å². The molecule has 0 amide bonds. The molecule has 0 saturated carbocycles. The van der Waals surface area contributed by atoms with Crippen LogP contribution in [0, 0.1) is 6.92 Å². The molecule has 0 saturated heterocycles. The Bertz CT molecular complexity index is 1240. The lowest BCUT2D eigenvalue weighted by Gasteiger charge is -2.32. The van der Waals surface area contributed by atoms with Crippen LogP contribution in [-0.2, 0) is 6.42 Å². The summed E-state index contributed by atoms with van der Waals surface area (Å²) in [6, 6.07) is 22.1. The van der Waals surface area contributed by atoms with Crippen LogP contribution < -0.4 is 0 Å². The zero-order chi connectivity index (χ0) is 23.9. The van der Waals surface area contributed by atoms with E-state index in [1.807, 2.05) is 6.20 Å². The van der Waals surface area contributed by atoms with Gasteiger partial charge >= 0.3 is 0 Å². The van der Waals surface area contributed by atoms with Crippen molar-refractivity contribution in [2.45, 2.75) is 40.2 Å². The van der Waals surface area contributed by atoms with Gasteiger partial charge in [-0.05, 0) is 79.6 Å². The van der Waals surface area contributed by atoms with Crippen molar-refractivity contribution < 1.29 is 0 Å². The van der Waals surface area contributed by atoms with Crippen molar-refractivity contribution in [3.63, 3.8) is 0 Å². The van der Waals surface area contributed by atoms with Crippen molar-refractivity contribution in [1.82, 2.24) is 9.88 Å². The average molecular weight is 447 g/mol. The fourth-order valence-electron chi connectivity index (χ4n) is 4.55. The molecule has 172 valence electrons. The van der Waals surface area contributed by atoms with E-state index >= 15 is 0 Å². The Labute approximate surface area is 204 Å². The Hall–Kier alpha value is -3.65. The summed E-state index contributed by atoms with van der Waals surface area (Å²) in [6.07, 6.45) is 16.2. The number of hydrogen-bond donors (Lipinski definition) is 0. The van der Waals surface area contributed by atoms with Gasteiger partial charge < -0.3 is 4.90 Å². The number of aryl methyl sites for hydroxylation is 1. The second kappa shape index (κ2) is 11.0. The molecule has 1 atom stereocenters. The van der Waals surface area contributed by atoms with Gasteiger partial charge in [0.1, 0.15) is 0 Å². The van der Waals surface area contributed by atoms with Gasteiger partial charge in [0.2, 0.25) is 0 Å². The van der Waals surface area contributed by atoms with E-state index in [9.17, 15) is 0 Å². The van der Waals surface area contributed by atoms with E-state index in [4.69, 9.17) is 0 Å². The molecule has 0 N–H and O–H groups in total. The molecule has 0 bridgehead atoms. The first-order chi connectivity index (χ1) is 16.6. The van der Waals surface area contributed by atoms with Crippen LogP contribution in [0.2, 0.25) is 0 Å². The third-order valence-electron chi connectivity index (χ3n) is 6.33. The van der Waals surface area contributed by atoms with E-state index in [1.165, 1.54) is 39.0 Å². The molecular weight excluding hydrogens is 412 g/mol. The maximum absolute atomic E-state index is 4.68. The van der Waals surface area contributed by atoms with E-state index < -0.39 is 0 Å². The van der Waals surface area contributed by atoms with Crippen LogP contribution in [0.15, 0.2) is 109 Å². The summed E-state index contributed by atoms with van der Waals surface area (Å²) in [6.45, 7) is 9.35. The first-order valence-corrected chi connectivity index (χ1v) is 12.1. The summed E-state index contributed by atoms with van der Waals surface area (Å²) in [5.74, 6) is 0. The Kier molecular flexibility index (Phi) is 7.59. The molecule has 2 heterocycles. The van der Waals surface area contributed by atoms with Crippen LogP contribution in [0.5, 0.6) is 0 Å². The standard InChI is InChI=1S/C32H34N2/c1-5-10-26(6-2)28-12-9-13-29(21-28)32-18-16-25(4)23-34(32)20-19-27-11-7-8-14-30(27)31-17-15-24(3)22-33-31/h5-18,21-23,32H,19-20H2,1-4H3/b10-5-,26-6+. The van der Waals surface area contributed by atoms with Gasteiger partial charge in [-0.1, -0.05) is 78.9 Å². The number of aromatic nitrogens is 1. The highest BCUT2D eigenvalue weighted by Gasteiger charge is 2.19. The second-order valence-corrected chi connectivity index (χ2v) is 8.91. The number of benzene rings is 2. The van der Waals surface area contributed by atoms with Gasteiger partial charge in [0.05, 0.1) is 11.7 Å². The highest BCUT2D eigenvalue weighted by Crippen LogP contribution is 2.31. The SMILES string of the molecule is C/C=C\C(=C/C)c1cccc(C2C=CC(C)=CN2CCc2ccccc2-c2ccc(C)cn2)c1. The Morgan fingerprint density at radius 3 is 2.62 bits per heavy atom. The third-order valence-corrected chi connectivity index (χ3v) is 6.33. The van der Waals surface area contributed by atoms with Crippen molar-refractivity contribution >= 4 is 5.57 Å². The van der Waals surface area contributed by atoms with Crippen molar-refractivity contribution in [2.24, 2.45) is 0 Å². The first-order valence-electron chi connectivity index (χ1n) is 12.1. The average Bonchev–Trinajstić information content (AvgIpc) is 2.87. The summed E-state index contributed by atoms with van der Waals surface area (Å²) < 4.78 is 0. The van der Waals surface area contributed by atoms with Gasteiger partial charge in [-0.3, -0.25) is 4.98 Å². The molecule has 1 aliphatic rings. The van der Waals surface area contributed by atoms with Crippen molar-refractivity contribution in [3.05, 3.63) is 131 Å². The number of hydrogen-bond acceptors (Lipinski definition) is 2. The minimum atomic E-state index is 0.219. The fraction of sp³-hybridized carbons (Fsp3) is 0.219. The van der Waals surface area contributed by atoms with E-state index in [2.05, 4.69) is 135 Å². The quantitative estimate of drug-likeness (QED) is 0.341. The Balaban J connectivity index is 1.59. The zero-order valence-electron chi connectivity index (χ0n) is 20.7. The van der Waals surface area contributed by atoms with Gasteiger partial charge in [0.25, 0.3) is 0 Å². The van der Waals surface area contributed by atoms with Gasteiger partial charge in [0.15, 0.2) is 0 Å². The minimum Gasteiger partial charge on any atom is -0.366 e. The molecule has 2 nitrogen and oxygen atoms in total. The molecule has 0 spiro atoms. The van der Waals surface area contributed by atoms with Gasteiger partial charge in [0, 0.05) is 24.5 Å². The molecule has 2 aromatic carbocycles. The van der Waals surface area contributed by atoms with Crippen LogP contribution in [0.1, 0.15) is 49.1 Å². The highest BCUT2D eigenvalue weighted by molar-refractivity contribution is 5.74. The van der Waals surface area contributed by atoms with Gasteiger partial charge in [-0.25, -0.2) is 0 Å². The lowest BCUT2D eigenvalue weighted by molar-refractivity contribution is 0.322. The summed E-state index contributed by atoms with van der Waals surface area (Å²) in [5.41, 5.74) is 9.88. The molecule has 1 aliphatic heterocycles. The summed E-state index contributed by atoms with van der Waals surface area (Å²) >= 11 is 0. The van der Waals surface area contributed by atoms with Gasteiger partial charge in [-0.2, -0.15) is 0 Å². The summed E-state index contributed by atoms with van der Waals surface area (Å²) in [7, 11) is 0. The fourth-order valence-corrected chi connectivity index (χ4v) is 4.55. The molecule has 2 heteroatoms. The maximum atomic E-state index is 4.68. The number of pyridine rings is 1. The molecule has 1 aromatic heterocycles. The van der Waals surface area contributed by atoms with Crippen LogP contribution >= 0.6 is 0 Å². The molecule has 1 unspecified atom stereocenters. The monoisotopic (exact) mass is 446 g/mol. The number of nitrogens with zero attached hydrogens (tertiary/aromatic N) is 2. The van der Waals surface area contributed by atoms with E-state index in [1.54, 1.807) is 0 Å². The lowest BCUT2D eigenvalue weighted by Crippen LogP contribution is -2.27. The molecule has 0 radical (unpaired) electrons. The van der Waals surface area contributed by atoms with E-state index in [-0.39, 0.29) is 6.04 Å². The number of allylic oxidation sites excluding steroid dienone is 6. The topological polar surface area (TPSA) is 16.1 Å². The molecule has 3 aromatic rings. The highest BCUT2D eigenvalue weighted by atomic mass is 15.1.